The molecule has 1 unspecified atom stereocenters. The minimum Gasteiger partial charge on any atom is -0.394 e. The number of hydrogen-bond donors (Lipinski definition) is 2. The number of benzene rings is 1. The first kappa shape index (κ1) is 15.0. The molecule has 1 saturated heterocycles. The maximum absolute atomic E-state index is 9.62. The van der Waals surface area contributed by atoms with Gasteiger partial charge in [0.25, 0.3) is 0 Å². The third-order valence-electron chi connectivity index (χ3n) is 5.28. The Balaban J connectivity index is 1.46. The summed E-state index contributed by atoms with van der Waals surface area (Å²) in [5.74, 6) is 1.34. The molecule has 1 aliphatic heterocycles. The Morgan fingerprint density at radius 1 is 1.10 bits per heavy atom. The lowest BCUT2D eigenvalue weighted by molar-refractivity contribution is 0.0967. The fourth-order valence-corrected chi connectivity index (χ4v) is 3.68. The van der Waals surface area contributed by atoms with Gasteiger partial charge >= 0.3 is 0 Å². The second-order valence-electron chi connectivity index (χ2n) is 7.07. The van der Waals surface area contributed by atoms with E-state index in [4.69, 9.17) is 5.73 Å². The second kappa shape index (κ2) is 6.47. The molecular formula is C18H28N2O. The van der Waals surface area contributed by atoms with E-state index in [0.29, 0.717) is 5.92 Å². The molecule has 0 bridgehead atoms. The highest BCUT2D eigenvalue weighted by Crippen LogP contribution is 2.39. The first-order chi connectivity index (χ1) is 10.2. The fourth-order valence-electron chi connectivity index (χ4n) is 3.68. The fraction of sp³-hybridized carbons (Fsp3) is 0.667. The zero-order chi connectivity index (χ0) is 14.7. The maximum Gasteiger partial charge on any atom is 0.0626 e. The van der Waals surface area contributed by atoms with E-state index in [1.54, 1.807) is 0 Å². The molecule has 0 amide bonds. The normalized spacial score (nSPS) is 23.9. The molecule has 1 aliphatic carbocycles. The summed E-state index contributed by atoms with van der Waals surface area (Å²) in [5.41, 5.74) is 7.50. The zero-order valence-electron chi connectivity index (χ0n) is 12.9. The summed E-state index contributed by atoms with van der Waals surface area (Å²) in [6.07, 6.45) is 6.09. The number of nitrogens with zero attached hydrogens (tertiary/aromatic N) is 1. The highest BCUT2D eigenvalue weighted by molar-refractivity contribution is 5.15. The van der Waals surface area contributed by atoms with Crippen LogP contribution in [-0.2, 0) is 6.42 Å². The van der Waals surface area contributed by atoms with Gasteiger partial charge < -0.3 is 15.7 Å². The quantitative estimate of drug-likeness (QED) is 0.842. The van der Waals surface area contributed by atoms with Gasteiger partial charge in [0.05, 0.1) is 12.1 Å². The Morgan fingerprint density at radius 3 is 2.33 bits per heavy atom. The van der Waals surface area contributed by atoms with Crippen LogP contribution in [0.1, 0.15) is 31.2 Å². The summed E-state index contributed by atoms with van der Waals surface area (Å²) < 4.78 is 0. The SMILES string of the molecule is NC(CO)(CN1CCC(Cc2ccccc2)CC1)C1CC1. The third-order valence-corrected chi connectivity index (χ3v) is 5.28. The van der Waals surface area contributed by atoms with Crippen LogP contribution >= 0.6 is 0 Å². The summed E-state index contributed by atoms with van der Waals surface area (Å²) in [6, 6.07) is 10.8. The van der Waals surface area contributed by atoms with E-state index in [1.165, 1.54) is 37.7 Å². The van der Waals surface area contributed by atoms with E-state index in [9.17, 15) is 5.11 Å². The van der Waals surface area contributed by atoms with E-state index < -0.39 is 0 Å². The molecule has 2 aliphatic rings. The summed E-state index contributed by atoms with van der Waals surface area (Å²) >= 11 is 0. The van der Waals surface area contributed by atoms with Gasteiger partial charge in [0.15, 0.2) is 0 Å². The second-order valence-corrected chi connectivity index (χ2v) is 7.07. The highest BCUT2D eigenvalue weighted by atomic mass is 16.3. The molecule has 1 heterocycles. The molecule has 1 atom stereocenters. The third kappa shape index (κ3) is 3.85. The number of rotatable bonds is 6. The van der Waals surface area contributed by atoms with Crippen molar-refractivity contribution in [2.24, 2.45) is 17.6 Å². The van der Waals surface area contributed by atoms with Crippen molar-refractivity contribution in [3.63, 3.8) is 0 Å². The summed E-state index contributed by atoms with van der Waals surface area (Å²) in [7, 11) is 0. The molecule has 1 aromatic carbocycles. The number of piperidine rings is 1. The van der Waals surface area contributed by atoms with Gasteiger partial charge in [-0.2, -0.15) is 0 Å². The van der Waals surface area contributed by atoms with Crippen molar-refractivity contribution < 1.29 is 5.11 Å². The Hall–Kier alpha value is -0.900. The van der Waals surface area contributed by atoms with Crippen LogP contribution in [0, 0.1) is 11.8 Å². The molecule has 21 heavy (non-hydrogen) atoms. The lowest BCUT2D eigenvalue weighted by Crippen LogP contribution is -2.56. The van der Waals surface area contributed by atoms with Gasteiger partial charge in [0.2, 0.25) is 0 Å². The molecule has 3 nitrogen and oxygen atoms in total. The number of aliphatic hydroxyl groups excluding tert-OH is 1. The van der Waals surface area contributed by atoms with Crippen LogP contribution in [0.2, 0.25) is 0 Å². The zero-order valence-corrected chi connectivity index (χ0v) is 12.9. The van der Waals surface area contributed by atoms with E-state index in [-0.39, 0.29) is 12.1 Å². The molecule has 0 radical (unpaired) electrons. The Morgan fingerprint density at radius 2 is 1.76 bits per heavy atom. The van der Waals surface area contributed by atoms with Crippen LogP contribution in [0.3, 0.4) is 0 Å². The first-order valence-corrected chi connectivity index (χ1v) is 8.35. The molecule has 1 aromatic rings. The Bertz CT molecular complexity index is 438. The molecule has 0 spiro atoms. The minimum atomic E-state index is -0.355. The van der Waals surface area contributed by atoms with E-state index in [0.717, 1.165) is 25.6 Å². The van der Waals surface area contributed by atoms with Gasteiger partial charge in [-0.05, 0) is 62.6 Å². The van der Waals surface area contributed by atoms with E-state index in [2.05, 4.69) is 35.2 Å². The van der Waals surface area contributed by atoms with E-state index >= 15 is 0 Å². The lowest BCUT2D eigenvalue weighted by Gasteiger charge is -2.38. The van der Waals surface area contributed by atoms with Gasteiger partial charge in [0, 0.05) is 6.54 Å². The largest absolute Gasteiger partial charge is 0.394 e. The number of nitrogens with two attached hydrogens (primary N) is 1. The Labute approximate surface area is 128 Å². The standard InChI is InChI=1S/C18H28N2O/c19-18(14-21,17-6-7-17)13-20-10-8-16(9-11-20)12-15-4-2-1-3-5-15/h1-5,16-17,21H,6-14,19H2. The molecular weight excluding hydrogens is 260 g/mol. The van der Waals surface area contributed by atoms with Crippen molar-refractivity contribution in [2.75, 3.05) is 26.2 Å². The van der Waals surface area contributed by atoms with Crippen molar-refractivity contribution >= 4 is 0 Å². The van der Waals surface area contributed by atoms with Crippen molar-refractivity contribution in [1.29, 1.82) is 0 Å². The van der Waals surface area contributed by atoms with Crippen molar-refractivity contribution in [3.8, 4) is 0 Å². The minimum absolute atomic E-state index is 0.127. The van der Waals surface area contributed by atoms with Gasteiger partial charge in [-0.25, -0.2) is 0 Å². The summed E-state index contributed by atoms with van der Waals surface area (Å²) in [5, 5.41) is 9.62. The maximum atomic E-state index is 9.62. The molecule has 3 N–H and O–H groups in total. The smallest absolute Gasteiger partial charge is 0.0626 e. The van der Waals surface area contributed by atoms with Crippen molar-refractivity contribution in [2.45, 2.75) is 37.6 Å². The number of hydrogen-bond acceptors (Lipinski definition) is 3. The van der Waals surface area contributed by atoms with Crippen LogP contribution in [0.15, 0.2) is 30.3 Å². The van der Waals surface area contributed by atoms with Gasteiger partial charge in [-0.3, -0.25) is 0 Å². The first-order valence-electron chi connectivity index (χ1n) is 8.35. The lowest BCUT2D eigenvalue weighted by atomic mass is 9.88. The predicted molar refractivity (Wildman–Crippen MR) is 86.0 cm³/mol. The number of likely N-dealkylation sites (tertiary alicyclic amines) is 1. The average Bonchev–Trinajstić information content (AvgIpc) is 3.35. The van der Waals surface area contributed by atoms with Crippen LogP contribution < -0.4 is 5.73 Å². The summed E-state index contributed by atoms with van der Waals surface area (Å²) in [4.78, 5) is 2.47. The highest BCUT2D eigenvalue weighted by Gasteiger charge is 2.43. The number of aliphatic hydroxyl groups is 1. The van der Waals surface area contributed by atoms with Crippen molar-refractivity contribution in [1.82, 2.24) is 4.90 Å². The predicted octanol–water partition coefficient (Wildman–Crippen LogP) is 2.04. The van der Waals surface area contributed by atoms with Crippen molar-refractivity contribution in [3.05, 3.63) is 35.9 Å². The van der Waals surface area contributed by atoms with Gasteiger partial charge in [0.1, 0.15) is 0 Å². The van der Waals surface area contributed by atoms with Gasteiger partial charge in [-0.15, -0.1) is 0 Å². The molecule has 0 aromatic heterocycles. The van der Waals surface area contributed by atoms with Crippen LogP contribution in [0.5, 0.6) is 0 Å². The van der Waals surface area contributed by atoms with Crippen LogP contribution in [0.4, 0.5) is 0 Å². The van der Waals surface area contributed by atoms with Gasteiger partial charge in [-0.1, -0.05) is 30.3 Å². The molecule has 3 heteroatoms. The molecule has 2 fully saturated rings. The van der Waals surface area contributed by atoms with E-state index in [1.807, 2.05) is 0 Å². The molecule has 1 saturated carbocycles. The molecule has 3 rings (SSSR count). The van der Waals surface area contributed by atoms with Crippen LogP contribution in [0.25, 0.3) is 0 Å². The monoisotopic (exact) mass is 288 g/mol. The topological polar surface area (TPSA) is 49.5 Å². The molecule has 116 valence electrons. The Kier molecular flexibility index (Phi) is 4.63. The average molecular weight is 288 g/mol. The summed E-state index contributed by atoms with van der Waals surface area (Å²) in [6.45, 7) is 3.25. The van der Waals surface area contributed by atoms with Crippen LogP contribution in [-0.4, -0.2) is 41.8 Å².